The Bertz CT molecular complexity index is 206. The predicted octanol–water partition coefficient (Wildman–Crippen LogP) is 7.13. The lowest BCUT2D eigenvalue weighted by atomic mass is 10.2. The predicted molar refractivity (Wildman–Crippen MR) is 91.3 cm³/mol. The molecule has 0 aromatic rings. The van der Waals surface area contributed by atoms with Gasteiger partial charge in [-0.05, 0) is 21.0 Å². The van der Waals surface area contributed by atoms with Crippen molar-refractivity contribution in [2.75, 3.05) is 0 Å². The van der Waals surface area contributed by atoms with E-state index >= 15 is 0 Å². The van der Waals surface area contributed by atoms with Gasteiger partial charge in [0.15, 0.2) is 0 Å². The molecule has 0 aliphatic heterocycles. The van der Waals surface area contributed by atoms with Crippen molar-refractivity contribution in [2.24, 2.45) is 5.92 Å². The lowest BCUT2D eigenvalue weighted by Gasteiger charge is -2.60. The Kier molecular flexibility index (Phi) is 6.49. The zero-order chi connectivity index (χ0) is 14.3. The van der Waals surface area contributed by atoms with E-state index in [-0.39, 0.29) is 7.43 Å². The Morgan fingerprint density at radius 1 is 0.667 bits per heavy atom. The summed E-state index contributed by atoms with van der Waals surface area (Å²) in [6.45, 7) is 27.1. The fourth-order valence-electron chi connectivity index (χ4n) is 4.91. The van der Waals surface area contributed by atoms with E-state index in [1.165, 1.54) is 6.04 Å². The first kappa shape index (κ1) is 20.5. The molecule has 0 aromatic heterocycles. The smallest absolute Gasteiger partial charge is 0.0700 e. The average Bonchev–Trinajstić information content (AvgIpc) is 1.91. The van der Waals surface area contributed by atoms with Crippen LogP contribution in [0.1, 0.15) is 83.6 Å². The summed E-state index contributed by atoms with van der Waals surface area (Å²) in [4.78, 5) is 0. The third-order valence-electron chi connectivity index (χ3n) is 4.56. The topological polar surface area (TPSA) is 0 Å². The monoisotopic (exact) mass is 272 g/mol. The molecule has 0 nitrogen and oxygen atoms in total. The Hall–Kier alpha value is 0.217. The Labute approximate surface area is 119 Å². The van der Waals surface area contributed by atoms with Crippen LogP contribution in [0.25, 0.3) is 0 Å². The number of hydrogen-bond donors (Lipinski definition) is 0. The molecule has 0 unspecified atom stereocenters. The zero-order valence-electron chi connectivity index (χ0n) is 14.3. The van der Waals surface area contributed by atoms with Crippen LogP contribution in [0.15, 0.2) is 0 Å². The summed E-state index contributed by atoms with van der Waals surface area (Å²) < 4.78 is 0. The fourth-order valence-corrected chi connectivity index (χ4v) is 14.7. The molecule has 0 N–H and O–H groups in total. The van der Waals surface area contributed by atoms with E-state index in [1.807, 2.05) is 0 Å². The maximum atomic E-state index is 2.48. The summed E-state index contributed by atoms with van der Waals surface area (Å²) in [5.74, 6) is 0.805. The van der Waals surface area contributed by atoms with Gasteiger partial charge < -0.3 is 0 Å². The van der Waals surface area contributed by atoms with Gasteiger partial charge in [0.1, 0.15) is 0 Å². The van der Waals surface area contributed by atoms with Gasteiger partial charge in [-0.1, -0.05) is 89.6 Å². The molecule has 0 bridgehead atoms. The molecule has 0 aliphatic rings. The molecule has 0 aliphatic carbocycles. The van der Waals surface area contributed by atoms with Crippen molar-refractivity contribution in [2.45, 2.75) is 105 Å². The fraction of sp³-hybridized carbons (Fsp3) is 1.00. The molecule has 0 saturated heterocycles. The largest absolute Gasteiger partial charge is 0.0776 e. The maximum absolute atomic E-state index is 2.48. The summed E-state index contributed by atoms with van der Waals surface area (Å²) >= 11 is 0. The quantitative estimate of drug-likeness (QED) is 0.469. The van der Waals surface area contributed by atoms with E-state index in [2.05, 4.69) is 76.2 Å². The van der Waals surface area contributed by atoms with Gasteiger partial charge in [0.05, 0.1) is 8.07 Å². The van der Waals surface area contributed by atoms with Crippen molar-refractivity contribution in [1.29, 1.82) is 0 Å². The van der Waals surface area contributed by atoms with E-state index in [1.54, 1.807) is 0 Å². The molecule has 0 spiro atoms. The third-order valence-corrected chi connectivity index (χ3v) is 13.7. The SMILES string of the molecule is C.CC(C)C[Si](C(C)(C)C)(C(C)(C)C)C(C)(C)C. The van der Waals surface area contributed by atoms with Crippen molar-refractivity contribution in [3.8, 4) is 0 Å². The van der Waals surface area contributed by atoms with Crippen LogP contribution in [0.5, 0.6) is 0 Å². The molecular weight excluding hydrogens is 232 g/mol. The molecule has 1 heteroatoms. The minimum Gasteiger partial charge on any atom is -0.0776 e. The van der Waals surface area contributed by atoms with Crippen LogP contribution in [0.4, 0.5) is 0 Å². The molecule has 112 valence electrons. The molecule has 18 heavy (non-hydrogen) atoms. The highest BCUT2D eigenvalue weighted by atomic mass is 28.3. The van der Waals surface area contributed by atoms with Gasteiger partial charge in [0.2, 0.25) is 0 Å². The minimum atomic E-state index is -1.46. The van der Waals surface area contributed by atoms with Crippen LogP contribution in [-0.4, -0.2) is 8.07 Å². The average molecular weight is 273 g/mol. The van der Waals surface area contributed by atoms with E-state index in [4.69, 9.17) is 0 Å². The first-order valence-corrected chi connectivity index (χ1v) is 9.37. The van der Waals surface area contributed by atoms with Crippen LogP contribution >= 0.6 is 0 Å². The number of hydrogen-bond acceptors (Lipinski definition) is 0. The standard InChI is InChI=1S/C16H36Si.CH4/c1-13(2)12-17(14(3,4)5,15(6,7)8)16(9,10)11;/h13H,12H2,1-11H3;1H4. The van der Waals surface area contributed by atoms with Crippen LogP contribution in [0, 0.1) is 5.92 Å². The molecule has 0 amide bonds. The molecule has 0 rings (SSSR count). The highest BCUT2D eigenvalue weighted by molar-refractivity contribution is 6.87. The number of rotatable bonds is 2. The summed E-state index contributed by atoms with van der Waals surface area (Å²) in [6.07, 6.45) is 0. The summed E-state index contributed by atoms with van der Waals surface area (Å²) in [5, 5.41) is 1.36. The molecular formula is C17H40Si. The third kappa shape index (κ3) is 3.62. The van der Waals surface area contributed by atoms with Gasteiger partial charge in [-0.2, -0.15) is 0 Å². The van der Waals surface area contributed by atoms with Crippen LogP contribution in [0.3, 0.4) is 0 Å². The maximum Gasteiger partial charge on any atom is 0.0700 e. The van der Waals surface area contributed by atoms with Crippen LogP contribution < -0.4 is 0 Å². The van der Waals surface area contributed by atoms with Gasteiger partial charge in [0, 0.05) is 0 Å². The van der Waals surface area contributed by atoms with Gasteiger partial charge >= 0.3 is 0 Å². The Morgan fingerprint density at radius 2 is 0.889 bits per heavy atom. The summed E-state index contributed by atoms with van der Waals surface area (Å²) in [7, 11) is -1.46. The minimum absolute atomic E-state index is 0. The first-order chi connectivity index (χ1) is 7.17. The van der Waals surface area contributed by atoms with Gasteiger partial charge in [-0.25, -0.2) is 0 Å². The molecule has 0 aromatic carbocycles. The zero-order valence-corrected chi connectivity index (χ0v) is 15.3. The Morgan fingerprint density at radius 3 is 0.944 bits per heavy atom. The molecule has 0 heterocycles. The lowest BCUT2D eigenvalue weighted by molar-refractivity contribution is 0.505. The van der Waals surface area contributed by atoms with Crippen molar-refractivity contribution in [1.82, 2.24) is 0 Å². The second-order valence-corrected chi connectivity index (χ2v) is 16.0. The van der Waals surface area contributed by atoms with Gasteiger partial charge in [-0.15, -0.1) is 0 Å². The van der Waals surface area contributed by atoms with E-state index in [0.717, 1.165) is 5.92 Å². The van der Waals surface area contributed by atoms with Gasteiger partial charge in [-0.3, -0.25) is 0 Å². The van der Waals surface area contributed by atoms with Crippen molar-refractivity contribution < 1.29 is 0 Å². The molecule has 0 atom stereocenters. The highest BCUT2D eigenvalue weighted by Crippen LogP contribution is 2.64. The summed E-state index contributed by atoms with van der Waals surface area (Å²) in [5.41, 5.74) is 0. The second kappa shape index (κ2) is 5.69. The van der Waals surface area contributed by atoms with Crippen LogP contribution in [0.2, 0.25) is 21.2 Å². The second-order valence-electron chi connectivity index (χ2n) is 9.25. The molecule has 0 saturated carbocycles. The normalized spacial score (nSPS) is 14.7. The Balaban J connectivity index is 0. The van der Waals surface area contributed by atoms with Crippen LogP contribution in [-0.2, 0) is 0 Å². The van der Waals surface area contributed by atoms with Crippen molar-refractivity contribution in [3.05, 3.63) is 0 Å². The molecule has 0 radical (unpaired) electrons. The van der Waals surface area contributed by atoms with Gasteiger partial charge in [0.25, 0.3) is 0 Å². The highest BCUT2D eigenvalue weighted by Gasteiger charge is 2.58. The lowest BCUT2D eigenvalue weighted by Crippen LogP contribution is -2.58. The molecule has 0 fully saturated rings. The first-order valence-electron chi connectivity index (χ1n) is 7.17. The van der Waals surface area contributed by atoms with E-state index in [9.17, 15) is 0 Å². The van der Waals surface area contributed by atoms with Crippen molar-refractivity contribution in [3.63, 3.8) is 0 Å². The van der Waals surface area contributed by atoms with Crippen molar-refractivity contribution >= 4 is 8.07 Å². The summed E-state index contributed by atoms with van der Waals surface area (Å²) in [6, 6.07) is 1.43. The van der Waals surface area contributed by atoms with E-state index < -0.39 is 8.07 Å². The van der Waals surface area contributed by atoms with E-state index in [0.29, 0.717) is 15.1 Å².